The average Bonchev–Trinajstić information content (AvgIpc) is 3.00. The number of halogens is 1. The Bertz CT molecular complexity index is 605. The molecule has 1 heterocycles. The number of thiazole rings is 1. The maximum atomic E-state index is 13.2. The molecule has 4 nitrogen and oxygen atoms in total. The fourth-order valence-corrected chi connectivity index (χ4v) is 3.23. The Balaban J connectivity index is 1.89. The highest BCUT2D eigenvalue weighted by Gasteiger charge is 2.13. The van der Waals surface area contributed by atoms with Crippen molar-refractivity contribution in [1.82, 2.24) is 4.98 Å². The highest BCUT2D eigenvalue weighted by atomic mass is 32.2. The van der Waals surface area contributed by atoms with Crippen molar-refractivity contribution < 1.29 is 13.9 Å². The predicted molar refractivity (Wildman–Crippen MR) is 84.6 cm³/mol. The van der Waals surface area contributed by atoms with Gasteiger partial charge in [0.25, 0.3) is 0 Å². The van der Waals surface area contributed by atoms with Crippen LogP contribution in [0.4, 0.5) is 9.52 Å². The Kier molecular flexibility index (Phi) is 5.58. The van der Waals surface area contributed by atoms with Gasteiger partial charge >= 0.3 is 0 Å². The molecule has 0 saturated carbocycles. The first-order valence-corrected chi connectivity index (χ1v) is 8.21. The molecule has 0 aliphatic rings. The molecule has 0 atom stereocenters. The van der Waals surface area contributed by atoms with Gasteiger partial charge in [0, 0.05) is 29.9 Å². The summed E-state index contributed by atoms with van der Waals surface area (Å²) < 4.78 is 18.4. The van der Waals surface area contributed by atoms with E-state index in [0.717, 1.165) is 5.56 Å². The largest absolute Gasteiger partial charge is 0.496 e. The number of aromatic nitrogens is 1. The second-order valence-corrected chi connectivity index (χ2v) is 6.08. The molecule has 1 aromatic carbocycles. The molecule has 0 fully saturated rings. The van der Waals surface area contributed by atoms with Crippen molar-refractivity contribution in [2.75, 3.05) is 24.8 Å². The van der Waals surface area contributed by atoms with Gasteiger partial charge in [-0.25, -0.2) is 9.37 Å². The minimum absolute atomic E-state index is 0.0367. The van der Waals surface area contributed by atoms with Gasteiger partial charge in [-0.15, -0.1) is 23.1 Å². The molecule has 0 N–H and O–H groups in total. The lowest BCUT2D eigenvalue weighted by Gasteiger charge is -2.13. The lowest BCUT2D eigenvalue weighted by Crippen LogP contribution is -2.27. The van der Waals surface area contributed by atoms with Gasteiger partial charge < -0.3 is 4.74 Å². The lowest BCUT2D eigenvalue weighted by atomic mass is 10.2. The van der Waals surface area contributed by atoms with Gasteiger partial charge in [-0.1, -0.05) is 0 Å². The van der Waals surface area contributed by atoms with Crippen LogP contribution in [0, 0.1) is 5.82 Å². The lowest BCUT2D eigenvalue weighted by molar-refractivity contribution is -0.115. The van der Waals surface area contributed by atoms with Crippen molar-refractivity contribution in [2.24, 2.45) is 0 Å². The van der Waals surface area contributed by atoms with E-state index < -0.39 is 0 Å². The molecule has 2 rings (SSSR count). The number of methoxy groups -OCH3 is 1. The summed E-state index contributed by atoms with van der Waals surface area (Å²) in [6, 6.07) is 4.38. The molecule has 0 unspecified atom stereocenters. The van der Waals surface area contributed by atoms with Crippen LogP contribution in [0.2, 0.25) is 0 Å². The zero-order valence-electron chi connectivity index (χ0n) is 11.7. The number of thioether (sulfide) groups is 1. The Morgan fingerprint density at radius 3 is 3.00 bits per heavy atom. The SMILES string of the molecule is COc1ccc(F)cc1CSCC(=O)N(C)c1nccs1. The maximum Gasteiger partial charge on any atom is 0.238 e. The van der Waals surface area contributed by atoms with Crippen LogP contribution >= 0.6 is 23.1 Å². The molecule has 21 heavy (non-hydrogen) atoms. The number of benzene rings is 1. The van der Waals surface area contributed by atoms with Crippen LogP contribution in [0.5, 0.6) is 5.75 Å². The van der Waals surface area contributed by atoms with Crippen LogP contribution in [0.3, 0.4) is 0 Å². The van der Waals surface area contributed by atoms with Gasteiger partial charge in [0.2, 0.25) is 5.91 Å². The first-order valence-electron chi connectivity index (χ1n) is 6.18. The fourth-order valence-electron chi connectivity index (χ4n) is 1.69. The molecular formula is C14H15FN2O2S2. The van der Waals surface area contributed by atoms with E-state index in [1.165, 1.54) is 40.1 Å². The Labute approximate surface area is 130 Å². The van der Waals surface area contributed by atoms with Crippen LogP contribution in [-0.4, -0.2) is 30.8 Å². The molecular weight excluding hydrogens is 311 g/mol. The highest BCUT2D eigenvalue weighted by molar-refractivity contribution is 7.99. The van der Waals surface area contributed by atoms with E-state index in [4.69, 9.17) is 4.74 Å². The smallest absolute Gasteiger partial charge is 0.238 e. The van der Waals surface area contributed by atoms with Crippen LogP contribution in [-0.2, 0) is 10.5 Å². The molecule has 112 valence electrons. The van der Waals surface area contributed by atoms with E-state index in [2.05, 4.69) is 4.98 Å². The van der Waals surface area contributed by atoms with Gasteiger partial charge in [-0.3, -0.25) is 9.69 Å². The quantitative estimate of drug-likeness (QED) is 0.818. The molecule has 0 radical (unpaired) electrons. The van der Waals surface area contributed by atoms with Gasteiger partial charge in [-0.05, 0) is 18.2 Å². The summed E-state index contributed by atoms with van der Waals surface area (Å²) in [4.78, 5) is 17.6. The molecule has 0 saturated heterocycles. The number of hydrogen-bond donors (Lipinski definition) is 0. The highest BCUT2D eigenvalue weighted by Crippen LogP contribution is 2.25. The maximum absolute atomic E-state index is 13.2. The summed E-state index contributed by atoms with van der Waals surface area (Å²) in [5.41, 5.74) is 0.743. The van der Waals surface area contributed by atoms with Crippen LogP contribution in [0.15, 0.2) is 29.8 Å². The molecule has 0 aliphatic carbocycles. The number of rotatable bonds is 6. The van der Waals surface area contributed by atoms with E-state index >= 15 is 0 Å². The zero-order valence-corrected chi connectivity index (χ0v) is 13.3. The number of amides is 1. The van der Waals surface area contributed by atoms with E-state index in [0.29, 0.717) is 22.4 Å². The monoisotopic (exact) mass is 326 g/mol. The predicted octanol–water partition coefficient (Wildman–Crippen LogP) is 3.19. The molecule has 1 amide bonds. The van der Waals surface area contributed by atoms with Crippen molar-refractivity contribution in [2.45, 2.75) is 5.75 Å². The Morgan fingerprint density at radius 1 is 1.52 bits per heavy atom. The number of carbonyl (C=O) groups is 1. The fraction of sp³-hybridized carbons (Fsp3) is 0.286. The first kappa shape index (κ1) is 15.8. The van der Waals surface area contributed by atoms with E-state index in [1.54, 1.807) is 26.4 Å². The van der Waals surface area contributed by atoms with E-state index in [9.17, 15) is 9.18 Å². The molecule has 0 aliphatic heterocycles. The average molecular weight is 326 g/mol. The van der Waals surface area contributed by atoms with Crippen molar-refractivity contribution in [1.29, 1.82) is 0 Å². The molecule has 1 aromatic heterocycles. The van der Waals surface area contributed by atoms with E-state index in [1.807, 2.05) is 5.38 Å². The minimum Gasteiger partial charge on any atom is -0.496 e. The summed E-state index contributed by atoms with van der Waals surface area (Å²) in [6.45, 7) is 0. The molecule has 0 bridgehead atoms. The normalized spacial score (nSPS) is 10.4. The third-order valence-corrected chi connectivity index (χ3v) is 4.62. The number of ether oxygens (including phenoxy) is 1. The zero-order chi connectivity index (χ0) is 15.2. The summed E-state index contributed by atoms with van der Waals surface area (Å²) in [6.07, 6.45) is 1.66. The topological polar surface area (TPSA) is 42.4 Å². The Hall–Kier alpha value is -1.60. The number of carbonyl (C=O) groups excluding carboxylic acids is 1. The van der Waals surface area contributed by atoms with Gasteiger partial charge in [0.1, 0.15) is 11.6 Å². The third kappa shape index (κ3) is 4.18. The minimum atomic E-state index is -0.308. The van der Waals surface area contributed by atoms with Crippen molar-refractivity contribution in [3.05, 3.63) is 41.2 Å². The van der Waals surface area contributed by atoms with Crippen molar-refractivity contribution in [3.8, 4) is 5.75 Å². The summed E-state index contributed by atoms with van der Waals surface area (Å²) >= 11 is 2.83. The second kappa shape index (κ2) is 7.42. The van der Waals surface area contributed by atoms with Crippen LogP contribution < -0.4 is 9.64 Å². The number of anilines is 1. The van der Waals surface area contributed by atoms with Crippen molar-refractivity contribution >= 4 is 34.1 Å². The molecule has 7 heteroatoms. The summed E-state index contributed by atoms with van der Waals surface area (Å²) in [5.74, 6) is 1.10. The standard InChI is InChI=1S/C14H15FN2O2S2/c1-17(14-16-5-6-21-14)13(18)9-20-8-10-7-11(15)3-4-12(10)19-2/h3-7H,8-9H2,1-2H3. The van der Waals surface area contributed by atoms with Crippen LogP contribution in [0.1, 0.15) is 5.56 Å². The van der Waals surface area contributed by atoms with E-state index in [-0.39, 0.29) is 11.7 Å². The number of hydrogen-bond acceptors (Lipinski definition) is 5. The Morgan fingerprint density at radius 2 is 2.33 bits per heavy atom. The van der Waals surface area contributed by atoms with Crippen molar-refractivity contribution in [3.63, 3.8) is 0 Å². The van der Waals surface area contributed by atoms with Gasteiger partial charge in [-0.2, -0.15) is 0 Å². The summed E-state index contributed by atoms with van der Waals surface area (Å²) in [7, 11) is 3.24. The first-order chi connectivity index (χ1) is 10.1. The van der Waals surface area contributed by atoms with Gasteiger partial charge in [0.15, 0.2) is 5.13 Å². The summed E-state index contributed by atoms with van der Waals surface area (Å²) in [5, 5.41) is 2.49. The molecule has 2 aromatic rings. The van der Waals surface area contributed by atoms with Crippen LogP contribution in [0.25, 0.3) is 0 Å². The number of nitrogens with zero attached hydrogens (tertiary/aromatic N) is 2. The second-order valence-electron chi connectivity index (χ2n) is 4.22. The third-order valence-electron chi connectivity index (χ3n) is 2.81. The van der Waals surface area contributed by atoms with Gasteiger partial charge in [0.05, 0.1) is 12.9 Å². The molecule has 0 spiro atoms.